The lowest BCUT2D eigenvalue weighted by Gasteiger charge is -2.40. The summed E-state index contributed by atoms with van der Waals surface area (Å²) in [6, 6.07) is 7.37. The molecule has 0 unspecified atom stereocenters. The molecule has 0 aliphatic heterocycles. The Balaban J connectivity index is 3.28. The third-order valence-corrected chi connectivity index (χ3v) is 6.08. The molecule has 2 atom stereocenters. The summed E-state index contributed by atoms with van der Waals surface area (Å²) in [6.07, 6.45) is 2.41. The molecule has 0 fully saturated rings. The van der Waals surface area contributed by atoms with Crippen molar-refractivity contribution >= 4 is 17.6 Å². The normalized spacial score (nSPS) is 13.8. The van der Waals surface area contributed by atoms with Crippen LogP contribution in [0.3, 0.4) is 0 Å². The Bertz CT molecular complexity index is 696. The second kappa shape index (κ2) is 12.0. The number of nitrogens with one attached hydrogen (secondary N) is 1. The highest BCUT2D eigenvalue weighted by Gasteiger charge is 2.44. The average Bonchev–Trinajstić information content (AvgIpc) is 2.73. The summed E-state index contributed by atoms with van der Waals surface area (Å²) < 4.78 is 16.0. The zero-order valence-electron chi connectivity index (χ0n) is 20.5. The van der Waals surface area contributed by atoms with Crippen molar-refractivity contribution in [1.82, 2.24) is 0 Å². The van der Waals surface area contributed by atoms with Crippen LogP contribution in [0, 0.1) is 16.7 Å². The summed E-state index contributed by atoms with van der Waals surface area (Å²) in [5, 5.41) is 3.53. The van der Waals surface area contributed by atoms with Gasteiger partial charge in [-0.05, 0) is 84.6 Å². The lowest BCUT2D eigenvalue weighted by molar-refractivity contribution is -0.158. The van der Waals surface area contributed by atoms with Gasteiger partial charge in [0.2, 0.25) is 0 Å². The summed E-state index contributed by atoms with van der Waals surface area (Å²) in [4.78, 5) is 25.6. The topological polar surface area (TPSA) is 73.9 Å². The van der Waals surface area contributed by atoms with Gasteiger partial charge in [0.15, 0.2) is 0 Å². The van der Waals surface area contributed by atoms with Gasteiger partial charge in [-0.25, -0.2) is 0 Å². The lowest BCUT2D eigenvalue weighted by Crippen LogP contribution is -2.47. The molecule has 6 nitrogen and oxygen atoms in total. The molecule has 0 bridgehead atoms. The summed E-state index contributed by atoms with van der Waals surface area (Å²) >= 11 is 0. The minimum Gasteiger partial charge on any atom is -0.497 e. The van der Waals surface area contributed by atoms with Crippen molar-refractivity contribution in [2.24, 2.45) is 16.7 Å². The van der Waals surface area contributed by atoms with Crippen LogP contribution in [0.4, 0.5) is 5.69 Å². The van der Waals surface area contributed by atoms with Crippen molar-refractivity contribution in [1.29, 1.82) is 0 Å². The minimum atomic E-state index is -0.799. The highest BCUT2D eigenvalue weighted by molar-refractivity contribution is 5.78. The fourth-order valence-corrected chi connectivity index (χ4v) is 3.77. The molecule has 1 aromatic rings. The van der Waals surface area contributed by atoms with Crippen molar-refractivity contribution in [3.63, 3.8) is 0 Å². The number of benzene rings is 1. The number of hydrogen-bond donors (Lipinski definition) is 1. The summed E-state index contributed by atoms with van der Waals surface area (Å²) in [6.45, 7) is 14.1. The van der Waals surface area contributed by atoms with Gasteiger partial charge in [-0.3, -0.25) is 9.59 Å². The molecule has 1 N–H and O–H groups in total. The molecule has 31 heavy (non-hydrogen) atoms. The van der Waals surface area contributed by atoms with Gasteiger partial charge in [0.05, 0.1) is 31.2 Å². The Labute approximate surface area is 188 Å². The number of hydrogen-bond acceptors (Lipinski definition) is 6. The zero-order valence-corrected chi connectivity index (χ0v) is 20.5. The molecule has 176 valence electrons. The van der Waals surface area contributed by atoms with E-state index in [0.717, 1.165) is 24.3 Å². The van der Waals surface area contributed by atoms with Gasteiger partial charge in [0, 0.05) is 11.7 Å². The lowest BCUT2D eigenvalue weighted by atomic mass is 9.69. The molecular weight excluding hydrogens is 394 g/mol. The molecule has 0 amide bonds. The average molecular weight is 436 g/mol. The first-order valence-corrected chi connectivity index (χ1v) is 11.3. The van der Waals surface area contributed by atoms with Crippen molar-refractivity contribution in [2.75, 3.05) is 25.6 Å². The number of esters is 2. The molecule has 0 saturated carbocycles. The molecule has 6 heteroatoms. The van der Waals surface area contributed by atoms with E-state index in [-0.39, 0.29) is 23.9 Å². The van der Waals surface area contributed by atoms with Gasteiger partial charge in [0.1, 0.15) is 5.75 Å². The van der Waals surface area contributed by atoms with Crippen molar-refractivity contribution in [3.8, 4) is 5.75 Å². The predicted octanol–water partition coefficient (Wildman–Crippen LogP) is 5.46. The number of methoxy groups -OCH3 is 1. The highest BCUT2D eigenvalue weighted by atomic mass is 16.5. The second-order valence-electron chi connectivity index (χ2n) is 9.03. The predicted molar refractivity (Wildman–Crippen MR) is 124 cm³/mol. The van der Waals surface area contributed by atoms with E-state index in [0.29, 0.717) is 19.6 Å². The molecule has 1 rings (SSSR count). The SMILES string of the molecule is CCC[C@H](C[C@H](Nc1ccc(OC)cc1)C(C)(C)C(=O)OCC)C(C)(C)C(=O)OCC. The van der Waals surface area contributed by atoms with Gasteiger partial charge in [-0.1, -0.05) is 13.3 Å². The Morgan fingerprint density at radius 2 is 1.42 bits per heavy atom. The largest absolute Gasteiger partial charge is 0.497 e. The Morgan fingerprint density at radius 3 is 1.87 bits per heavy atom. The van der Waals surface area contributed by atoms with E-state index in [1.54, 1.807) is 7.11 Å². The third kappa shape index (κ3) is 7.15. The molecule has 1 aromatic carbocycles. The molecule has 0 heterocycles. The van der Waals surface area contributed by atoms with Crippen LogP contribution in [-0.2, 0) is 19.1 Å². The van der Waals surface area contributed by atoms with Crippen LogP contribution in [0.15, 0.2) is 24.3 Å². The number of anilines is 1. The van der Waals surface area contributed by atoms with E-state index in [1.165, 1.54) is 0 Å². The van der Waals surface area contributed by atoms with Gasteiger partial charge < -0.3 is 19.5 Å². The van der Waals surface area contributed by atoms with Crippen molar-refractivity contribution in [2.45, 2.75) is 73.8 Å². The first kappa shape index (κ1) is 26.8. The Hall–Kier alpha value is -2.24. The molecule has 0 aliphatic carbocycles. The smallest absolute Gasteiger partial charge is 0.313 e. The Kier molecular flexibility index (Phi) is 10.3. The molecule has 0 aromatic heterocycles. The quantitative estimate of drug-likeness (QED) is 0.415. The fraction of sp³-hybridized carbons (Fsp3) is 0.680. The van der Waals surface area contributed by atoms with Crippen LogP contribution in [0.2, 0.25) is 0 Å². The number of rotatable bonds is 13. The summed E-state index contributed by atoms with van der Waals surface area (Å²) in [5.74, 6) is 0.329. The maximum Gasteiger partial charge on any atom is 0.313 e. The number of carbonyl (C=O) groups excluding carboxylic acids is 2. The van der Waals surface area contributed by atoms with Crippen LogP contribution in [0.25, 0.3) is 0 Å². The van der Waals surface area contributed by atoms with Crippen LogP contribution in [-0.4, -0.2) is 38.3 Å². The standard InChI is InChI=1S/C25H41NO5/c1-9-12-18(24(4,5)22(27)30-10-2)17-21(25(6,7)23(28)31-11-3)26-19-13-15-20(29-8)16-14-19/h13-16,18,21,26H,9-12,17H2,1-8H3/t18-,21+/m1/s1. The Morgan fingerprint density at radius 1 is 0.903 bits per heavy atom. The van der Waals surface area contributed by atoms with Gasteiger partial charge in [-0.2, -0.15) is 0 Å². The van der Waals surface area contributed by atoms with Gasteiger partial charge in [-0.15, -0.1) is 0 Å². The van der Waals surface area contributed by atoms with Crippen LogP contribution in [0.1, 0.15) is 67.7 Å². The maximum atomic E-state index is 12.8. The van der Waals surface area contributed by atoms with E-state index >= 15 is 0 Å². The molecular formula is C25H41NO5. The number of ether oxygens (including phenoxy) is 3. The maximum absolute atomic E-state index is 12.8. The molecule has 0 radical (unpaired) electrons. The van der Waals surface area contributed by atoms with E-state index < -0.39 is 10.8 Å². The summed E-state index contributed by atoms with van der Waals surface area (Å²) in [7, 11) is 1.63. The summed E-state index contributed by atoms with van der Waals surface area (Å²) in [5.41, 5.74) is -0.587. The first-order chi connectivity index (χ1) is 14.5. The zero-order chi connectivity index (χ0) is 23.7. The third-order valence-electron chi connectivity index (χ3n) is 6.08. The van der Waals surface area contributed by atoms with Crippen molar-refractivity contribution < 1.29 is 23.8 Å². The van der Waals surface area contributed by atoms with Crippen LogP contribution >= 0.6 is 0 Å². The van der Waals surface area contributed by atoms with Gasteiger partial charge in [0.25, 0.3) is 0 Å². The monoisotopic (exact) mass is 435 g/mol. The van der Waals surface area contributed by atoms with E-state index in [9.17, 15) is 9.59 Å². The van der Waals surface area contributed by atoms with E-state index in [2.05, 4.69) is 12.2 Å². The molecule has 0 aliphatic rings. The fourth-order valence-electron chi connectivity index (χ4n) is 3.77. The minimum absolute atomic E-state index is 0.0287. The van der Waals surface area contributed by atoms with Crippen LogP contribution in [0.5, 0.6) is 5.75 Å². The van der Waals surface area contributed by atoms with E-state index in [1.807, 2.05) is 65.8 Å². The van der Waals surface area contributed by atoms with Gasteiger partial charge >= 0.3 is 11.9 Å². The molecule has 0 spiro atoms. The van der Waals surface area contributed by atoms with Crippen LogP contribution < -0.4 is 10.1 Å². The highest BCUT2D eigenvalue weighted by Crippen LogP contribution is 2.40. The number of carbonyl (C=O) groups is 2. The van der Waals surface area contributed by atoms with Crippen molar-refractivity contribution in [3.05, 3.63) is 24.3 Å². The molecule has 0 saturated heterocycles. The first-order valence-electron chi connectivity index (χ1n) is 11.3. The van der Waals surface area contributed by atoms with E-state index in [4.69, 9.17) is 14.2 Å². The second-order valence-corrected chi connectivity index (χ2v) is 9.03.